The van der Waals surface area contributed by atoms with Crippen molar-refractivity contribution in [2.45, 2.75) is 121 Å². The van der Waals surface area contributed by atoms with Crippen molar-refractivity contribution in [2.75, 3.05) is 33.7 Å². The number of unbranched alkanes of at least 4 members (excludes halogenated alkanes) is 2. The van der Waals surface area contributed by atoms with E-state index in [9.17, 15) is 48.2 Å². The first-order valence-corrected chi connectivity index (χ1v) is 26.8. The number of likely N-dealkylation sites (tertiary alicyclic amines) is 1. The summed E-state index contributed by atoms with van der Waals surface area (Å²) < 4.78 is 20.2. The molecule has 1 saturated carbocycles. The van der Waals surface area contributed by atoms with Crippen molar-refractivity contribution in [1.82, 2.24) is 46.5 Å². The Hall–Kier alpha value is -7.52. The van der Waals surface area contributed by atoms with Gasteiger partial charge in [-0.1, -0.05) is 62.3 Å². The number of rotatable bonds is 20. The Morgan fingerprint density at radius 3 is 2.29 bits per heavy atom. The Labute approximate surface area is 449 Å². The van der Waals surface area contributed by atoms with Crippen molar-refractivity contribution in [3.8, 4) is 27.5 Å². The van der Waals surface area contributed by atoms with E-state index in [1.807, 2.05) is 37.3 Å². The normalized spacial score (nSPS) is 18.1. The number of aliphatic hydroxyl groups excluding tert-OH is 1. The predicted octanol–water partition coefficient (Wildman–Crippen LogP) is 5.86. The lowest BCUT2D eigenvalue weighted by Gasteiger charge is -2.36. The van der Waals surface area contributed by atoms with Crippen LogP contribution < -0.4 is 26.6 Å². The van der Waals surface area contributed by atoms with Crippen molar-refractivity contribution < 1.29 is 52.7 Å². The van der Waals surface area contributed by atoms with Crippen LogP contribution in [0.25, 0.3) is 21.8 Å². The molecule has 3 aliphatic rings. The van der Waals surface area contributed by atoms with E-state index in [0.717, 1.165) is 27.3 Å². The lowest BCUT2D eigenvalue weighted by Crippen LogP contribution is -2.59. The van der Waals surface area contributed by atoms with Gasteiger partial charge in [-0.15, -0.1) is 11.3 Å². The Balaban J connectivity index is 0.819. The molecule has 7 N–H and O–H groups in total. The first kappa shape index (κ1) is 55.7. The van der Waals surface area contributed by atoms with Crippen LogP contribution in [0.15, 0.2) is 76.8 Å². The molecule has 77 heavy (non-hydrogen) atoms. The average Bonchev–Trinajstić information content (AvgIpc) is 3.91. The SMILES string of the molecule is Cc1ncsc1-c1ccc([C@H](CC(=O)NCCCCCNC(=O)c2ccc3c(c2)[C@H](NC(=O)c2cc(-c4ccc(C(=O)N(C)C)c(O)c4)on2)CC3)NC(=O)[C@@H]2C[C@@H](O)CN2C(=O)[C@@H](NC(=O)C2(F)CC2)C(C)(C)C)cc1. The van der Waals surface area contributed by atoms with Crippen molar-refractivity contribution in [1.29, 1.82) is 0 Å². The van der Waals surface area contributed by atoms with E-state index in [4.69, 9.17) is 4.52 Å². The van der Waals surface area contributed by atoms with Gasteiger partial charge in [0.1, 0.15) is 17.8 Å². The van der Waals surface area contributed by atoms with Gasteiger partial charge in [-0.05, 0) is 104 Å². The van der Waals surface area contributed by atoms with Crippen LogP contribution in [0, 0.1) is 12.3 Å². The second-order valence-corrected chi connectivity index (χ2v) is 22.3. The lowest BCUT2D eigenvalue weighted by atomic mass is 9.85. The molecule has 1 saturated heterocycles. The maximum Gasteiger partial charge on any atom is 0.273 e. The molecule has 5 atom stereocenters. The predicted molar refractivity (Wildman–Crippen MR) is 284 cm³/mol. The molecule has 0 bridgehead atoms. The molecule has 1 aliphatic heterocycles. The van der Waals surface area contributed by atoms with E-state index in [-0.39, 0.29) is 78.8 Å². The second-order valence-electron chi connectivity index (χ2n) is 21.4. The molecule has 5 aromatic rings. The van der Waals surface area contributed by atoms with Gasteiger partial charge in [0.15, 0.2) is 17.1 Å². The number of alkyl halides is 1. The van der Waals surface area contributed by atoms with Crippen molar-refractivity contribution >= 4 is 52.7 Å². The van der Waals surface area contributed by atoms with Gasteiger partial charge in [-0.2, -0.15) is 0 Å². The average molecular weight is 1080 g/mol. The second kappa shape index (κ2) is 23.4. The Morgan fingerprint density at radius 2 is 1.62 bits per heavy atom. The van der Waals surface area contributed by atoms with Gasteiger partial charge in [0.25, 0.3) is 23.6 Å². The number of phenols is 1. The summed E-state index contributed by atoms with van der Waals surface area (Å²) in [5.74, 6) is -3.53. The number of carbonyl (C=O) groups is 7. The Morgan fingerprint density at radius 1 is 0.909 bits per heavy atom. The number of carbonyl (C=O) groups excluding carboxylic acids is 7. The lowest BCUT2D eigenvalue weighted by molar-refractivity contribution is -0.145. The van der Waals surface area contributed by atoms with Crippen LogP contribution in [0.4, 0.5) is 4.39 Å². The highest BCUT2D eigenvalue weighted by atomic mass is 32.1. The highest BCUT2D eigenvalue weighted by Gasteiger charge is 2.53. The number of amides is 7. The number of hydrogen-bond donors (Lipinski definition) is 7. The number of fused-ring (bicyclic) bond motifs is 1. The van der Waals surface area contributed by atoms with E-state index < -0.39 is 58.9 Å². The molecule has 3 aromatic carbocycles. The molecule has 19 nitrogen and oxygen atoms in total. The van der Waals surface area contributed by atoms with Crippen molar-refractivity contribution in [3.05, 3.63) is 111 Å². The summed E-state index contributed by atoms with van der Waals surface area (Å²) in [4.78, 5) is 102. The maximum absolute atomic E-state index is 14.8. The highest BCUT2D eigenvalue weighted by molar-refractivity contribution is 7.13. The summed E-state index contributed by atoms with van der Waals surface area (Å²) in [6.07, 6.45) is 2.12. The summed E-state index contributed by atoms with van der Waals surface area (Å²) in [5.41, 5.74) is 4.16. The third-order valence-electron chi connectivity index (χ3n) is 14.3. The summed E-state index contributed by atoms with van der Waals surface area (Å²) >= 11 is 1.49. The van der Waals surface area contributed by atoms with Gasteiger partial charge in [0.2, 0.25) is 17.7 Å². The number of nitrogens with zero attached hydrogens (tertiary/aromatic N) is 4. The van der Waals surface area contributed by atoms with Crippen LogP contribution in [-0.2, 0) is 25.6 Å². The van der Waals surface area contributed by atoms with Crippen LogP contribution >= 0.6 is 11.3 Å². The quantitative estimate of drug-likeness (QED) is 0.0453. The first-order chi connectivity index (χ1) is 36.6. The van der Waals surface area contributed by atoms with E-state index in [1.54, 1.807) is 58.6 Å². The number of aliphatic hydroxyl groups is 1. The minimum Gasteiger partial charge on any atom is -0.507 e. The highest BCUT2D eigenvalue weighted by Crippen LogP contribution is 2.41. The minimum atomic E-state index is -2.02. The zero-order chi connectivity index (χ0) is 55.3. The van der Waals surface area contributed by atoms with Crippen molar-refractivity contribution in [3.63, 3.8) is 0 Å². The number of benzene rings is 3. The van der Waals surface area contributed by atoms with Crippen molar-refractivity contribution in [2.24, 2.45) is 5.41 Å². The largest absolute Gasteiger partial charge is 0.507 e. The molecule has 3 heterocycles. The van der Waals surface area contributed by atoms with Crippen LogP contribution in [0.5, 0.6) is 5.75 Å². The number of aromatic nitrogens is 2. The summed E-state index contributed by atoms with van der Waals surface area (Å²) in [7, 11) is 3.16. The number of β-amino-alcohol motifs (C(OH)–C–C–N with tert-alkyl or cyclic N) is 1. The van der Waals surface area contributed by atoms with E-state index in [0.29, 0.717) is 61.9 Å². The molecule has 408 valence electrons. The Kier molecular flexibility index (Phi) is 16.9. The fourth-order valence-electron chi connectivity index (χ4n) is 9.65. The third-order valence-corrected chi connectivity index (χ3v) is 15.3. The molecule has 2 fully saturated rings. The number of nitrogens with one attached hydrogen (secondary N) is 5. The number of phenolic OH excluding ortho intramolecular Hbond substituents is 1. The first-order valence-electron chi connectivity index (χ1n) is 25.9. The number of thiazole rings is 1. The molecular formula is C56H66FN9O10S. The summed E-state index contributed by atoms with van der Waals surface area (Å²) in [6.45, 7) is 7.64. The Bertz CT molecular complexity index is 3040. The van der Waals surface area contributed by atoms with Gasteiger partial charge < -0.3 is 51.1 Å². The molecule has 2 aromatic heterocycles. The van der Waals surface area contributed by atoms with Crippen LogP contribution in [0.1, 0.15) is 138 Å². The summed E-state index contributed by atoms with van der Waals surface area (Å²) in [6, 6.07) is 15.3. The molecule has 0 spiro atoms. The van der Waals surface area contributed by atoms with Gasteiger partial charge in [0.05, 0.1) is 46.3 Å². The monoisotopic (exact) mass is 1080 g/mol. The van der Waals surface area contributed by atoms with Gasteiger partial charge >= 0.3 is 0 Å². The zero-order valence-corrected chi connectivity index (χ0v) is 44.9. The van der Waals surface area contributed by atoms with Gasteiger partial charge in [-0.3, -0.25) is 33.6 Å². The van der Waals surface area contributed by atoms with E-state index in [1.165, 1.54) is 39.3 Å². The van der Waals surface area contributed by atoms with Crippen LogP contribution in [-0.4, -0.2) is 129 Å². The molecule has 2 aliphatic carbocycles. The van der Waals surface area contributed by atoms with E-state index in [2.05, 4.69) is 36.7 Å². The molecule has 21 heteroatoms. The standard InChI is InChI=1S/C56H66FN9O10S/c1-31-47(77-30-60-31)34-13-11-33(12-14-34)41(62-51(72)43-26-37(67)29-66(43)53(74)48(55(2,3)4)63-54(75)56(57)20-21-56)28-46(69)58-22-8-7-9-23-59-49(70)36-15-10-32-17-19-40(39(32)24-36)61-50(71)42-27-45(76-64-42)35-16-18-38(44(68)25-35)52(73)65(5)6/h10-16,18,24-25,27,30,37,40-41,43,48,67-68H,7-9,17,19-23,26,28-29H2,1-6H3,(H,58,69)(H,59,70)(H,61,71)(H,62,72)(H,63,75)/t37-,40-,41+,43+,48-/m1/s1. The van der Waals surface area contributed by atoms with Gasteiger partial charge in [-0.25, -0.2) is 9.37 Å². The number of aromatic hydroxyl groups is 1. The molecular weight excluding hydrogens is 1010 g/mol. The molecule has 8 rings (SSSR count). The zero-order valence-electron chi connectivity index (χ0n) is 44.0. The number of aryl methyl sites for hydroxylation is 2. The van der Waals surface area contributed by atoms with Crippen LogP contribution in [0.3, 0.4) is 0 Å². The minimum absolute atomic E-state index is 0.0279. The molecule has 7 amide bonds. The van der Waals surface area contributed by atoms with Gasteiger partial charge in [0, 0.05) is 57.3 Å². The molecule has 0 radical (unpaired) electrons. The fourth-order valence-corrected chi connectivity index (χ4v) is 10.5. The fraction of sp³-hybridized carbons (Fsp3) is 0.446. The number of halogens is 1. The smallest absolute Gasteiger partial charge is 0.273 e. The molecule has 0 unspecified atom stereocenters. The van der Waals surface area contributed by atoms with Crippen LogP contribution in [0.2, 0.25) is 0 Å². The summed E-state index contributed by atoms with van der Waals surface area (Å²) in [5, 5.41) is 39.6. The maximum atomic E-state index is 14.8. The number of hydrogen-bond acceptors (Lipinski definition) is 13. The third kappa shape index (κ3) is 13.2. The van der Waals surface area contributed by atoms with E-state index >= 15 is 0 Å². The topological polar surface area (TPSA) is 266 Å².